The second kappa shape index (κ2) is 11.1. The van der Waals surface area contributed by atoms with Crippen molar-refractivity contribution in [3.63, 3.8) is 0 Å². The number of hydrogen-bond acceptors (Lipinski definition) is 6. The highest BCUT2D eigenvalue weighted by Gasteiger charge is 2.31. The number of benzene rings is 1. The van der Waals surface area contributed by atoms with Gasteiger partial charge in [0, 0.05) is 13.0 Å². The number of nitrogens with zero attached hydrogens (tertiary/aromatic N) is 3. The van der Waals surface area contributed by atoms with Gasteiger partial charge < -0.3 is 14.8 Å². The molecule has 1 aliphatic carbocycles. The molecule has 7 nitrogen and oxygen atoms in total. The number of nitriles is 1. The summed E-state index contributed by atoms with van der Waals surface area (Å²) in [5.41, 5.74) is 2.43. The molecule has 164 valence electrons. The van der Waals surface area contributed by atoms with Crippen molar-refractivity contribution in [1.82, 2.24) is 15.3 Å². The second-order valence-corrected chi connectivity index (χ2v) is 8.33. The maximum Gasteiger partial charge on any atom is 0.235 e. The Balaban J connectivity index is 1.43. The van der Waals surface area contributed by atoms with Gasteiger partial charge in [-0.25, -0.2) is 9.97 Å². The van der Waals surface area contributed by atoms with Crippen LogP contribution in [0.25, 0.3) is 0 Å². The standard InChI is InChI=1S/C23H27ClN4O3/c1-15(28-16(2)29)12-30-20-9-19(10-20)13-31-23-22(24)21(26-14-27-23)7-6-17-4-3-5-18(8-17)11-25/h3-5,8,14-15,19-20H,6-7,9-10,12-13H2,1-2H3,(H,28,29)/t15-,19?,20?/m0/s1. The van der Waals surface area contributed by atoms with Crippen molar-refractivity contribution >= 4 is 17.5 Å². The summed E-state index contributed by atoms with van der Waals surface area (Å²) in [6, 6.07) is 9.68. The normalized spacial score (nSPS) is 18.5. The van der Waals surface area contributed by atoms with Gasteiger partial charge >= 0.3 is 0 Å². The van der Waals surface area contributed by atoms with Gasteiger partial charge in [-0.15, -0.1) is 0 Å². The van der Waals surface area contributed by atoms with E-state index in [4.69, 9.17) is 26.3 Å². The molecule has 1 amide bonds. The molecule has 1 aliphatic rings. The van der Waals surface area contributed by atoms with Crippen LogP contribution >= 0.6 is 11.6 Å². The van der Waals surface area contributed by atoms with E-state index in [0.29, 0.717) is 42.0 Å². The van der Waals surface area contributed by atoms with Crippen LogP contribution in [0.5, 0.6) is 5.88 Å². The van der Waals surface area contributed by atoms with Crippen molar-refractivity contribution in [2.75, 3.05) is 13.2 Å². The molecule has 1 saturated carbocycles. The highest BCUT2D eigenvalue weighted by molar-refractivity contribution is 6.32. The SMILES string of the molecule is CC(=O)N[C@@H](C)COC1CC(COc2ncnc(CCc3cccc(C#N)c3)c2Cl)C1. The van der Waals surface area contributed by atoms with E-state index >= 15 is 0 Å². The molecule has 1 aromatic carbocycles. The van der Waals surface area contributed by atoms with E-state index in [1.165, 1.54) is 13.3 Å². The molecule has 0 spiro atoms. The molecule has 8 heteroatoms. The number of carbonyl (C=O) groups is 1. The van der Waals surface area contributed by atoms with Crippen LogP contribution in [0.1, 0.15) is 43.5 Å². The molecule has 31 heavy (non-hydrogen) atoms. The number of ether oxygens (including phenoxy) is 2. The van der Waals surface area contributed by atoms with Gasteiger partial charge in [-0.1, -0.05) is 23.7 Å². The van der Waals surface area contributed by atoms with Crippen LogP contribution in [0.15, 0.2) is 30.6 Å². The van der Waals surface area contributed by atoms with Crippen molar-refractivity contribution in [3.8, 4) is 11.9 Å². The zero-order valence-electron chi connectivity index (χ0n) is 17.8. The van der Waals surface area contributed by atoms with Gasteiger partial charge in [-0.3, -0.25) is 4.79 Å². The molecule has 1 N–H and O–H groups in total. The Morgan fingerprint density at radius 3 is 2.90 bits per heavy atom. The highest BCUT2D eigenvalue weighted by Crippen LogP contribution is 2.32. The van der Waals surface area contributed by atoms with Gasteiger partial charge in [-0.05, 0) is 56.2 Å². The molecule has 1 aromatic heterocycles. The van der Waals surface area contributed by atoms with Gasteiger partial charge in [0.05, 0.1) is 36.6 Å². The molecular formula is C23H27ClN4O3. The minimum Gasteiger partial charge on any atom is -0.476 e. The lowest BCUT2D eigenvalue weighted by atomic mass is 9.83. The van der Waals surface area contributed by atoms with E-state index < -0.39 is 0 Å². The maximum atomic E-state index is 11.0. The first-order valence-corrected chi connectivity index (χ1v) is 10.8. The molecule has 2 aromatic rings. The Bertz CT molecular complexity index is 941. The number of halogens is 1. The summed E-state index contributed by atoms with van der Waals surface area (Å²) in [5.74, 6) is 0.748. The third kappa shape index (κ3) is 6.91. The van der Waals surface area contributed by atoms with E-state index in [1.807, 2.05) is 25.1 Å². The summed E-state index contributed by atoms with van der Waals surface area (Å²) < 4.78 is 11.7. The monoisotopic (exact) mass is 442 g/mol. The van der Waals surface area contributed by atoms with E-state index in [9.17, 15) is 4.79 Å². The average molecular weight is 443 g/mol. The van der Waals surface area contributed by atoms with Crippen LogP contribution in [-0.2, 0) is 22.4 Å². The van der Waals surface area contributed by atoms with E-state index in [0.717, 1.165) is 30.5 Å². The third-order valence-corrected chi connectivity index (χ3v) is 5.60. The topological polar surface area (TPSA) is 97.1 Å². The summed E-state index contributed by atoms with van der Waals surface area (Å²) in [7, 11) is 0. The molecule has 0 saturated heterocycles. The van der Waals surface area contributed by atoms with Gasteiger partial charge in [0.1, 0.15) is 11.3 Å². The van der Waals surface area contributed by atoms with Crippen molar-refractivity contribution in [3.05, 3.63) is 52.4 Å². The fraction of sp³-hybridized carbons (Fsp3) is 0.478. The van der Waals surface area contributed by atoms with Crippen LogP contribution in [0.4, 0.5) is 0 Å². The number of amides is 1. The number of hydrogen-bond donors (Lipinski definition) is 1. The molecule has 0 aliphatic heterocycles. The smallest absolute Gasteiger partial charge is 0.235 e. The Morgan fingerprint density at radius 2 is 2.16 bits per heavy atom. The average Bonchev–Trinajstić information content (AvgIpc) is 2.72. The quantitative estimate of drug-likeness (QED) is 0.605. The summed E-state index contributed by atoms with van der Waals surface area (Å²) in [5, 5.41) is 12.3. The van der Waals surface area contributed by atoms with Gasteiger partial charge in [-0.2, -0.15) is 5.26 Å². The number of nitrogens with one attached hydrogen (secondary N) is 1. The predicted octanol–water partition coefficient (Wildman–Crippen LogP) is 3.49. The zero-order chi connectivity index (χ0) is 22.2. The third-order valence-electron chi connectivity index (χ3n) is 5.22. The lowest BCUT2D eigenvalue weighted by molar-refractivity contribution is -0.120. The Kier molecular flexibility index (Phi) is 8.21. The largest absolute Gasteiger partial charge is 0.476 e. The minimum atomic E-state index is -0.0484. The van der Waals surface area contributed by atoms with E-state index in [-0.39, 0.29) is 18.1 Å². The minimum absolute atomic E-state index is 0.00780. The first kappa shape index (κ1) is 23.0. The summed E-state index contributed by atoms with van der Waals surface area (Å²) in [6.07, 6.45) is 4.86. The second-order valence-electron chi connectivity index (χ2n) is 7.96. The molecule has 1 atom stereocenters. The molecule has 3 rings (SSSR count). The Hall–Kier alpha value is -2.69. The summed E-state index contributed by atoms with van der Waals surface area (Å²) >= 11 is 6.47. The lowest BCUT2D eigenvalue weighted by Crippen LogP contribution is -2.40. The fourth-order valence-electron chi connectivity index (χ4n) is 3.53. The van der Waals surface area contributed by atoms with Crippen LogP contribution in [0.2, 0.25) is 5.02 Å². The highest BCUT2D eigenvalue weighted by atomic mass is 35.5. The van der Waals surface area contributed by atoms with Crippen LogP contribution < -0.4 is 10.1 Å². The zero-order valence-corrected chi connectivity index (χ0v) is 18.6. The van der Waals surface area contributed by atoms with E-state index in [2.05, 4.69) is 21.4 Å². The van der Waals surface area contributed by atoms with Crippen molar-refractivity contribution in [2.45, 2.75) is 51.7 Å². The number of carbonyl (C=O) groups excluding carboxylic acids is 1. The first-order chi connectivity index (χ1) is 14.9. The summed E-state index contributed by atoms with van der Waals surface area (Å²) in [6.45, 7) is 4.47. The van der Waals surface area contributed by atoms with Crippen molar-refractivity contribution in [1.29, 1.82) is 5.26 Å². The molecular weight excluding hydrogens is 416 g/mol. The molecule has 0 unspecified atom stereocenters. The van der Waals surface area contributed by atoms with Crippen LogP contribution in [0.3, 0.4) is 0 Å². The van der Waals surface area contributed by atoms with Crippen molar-refractivity contribution < 1.29 is 14.3 Å². The molecule has 0 bridgehead atoms. The molecule has 1 fully saturated rings. The number of aromatic nitrogens is 2. The van der Waals surface area contributed by atoms with Crippen LogP contribution in [0, 0.1) is 17.2 Å². The van der Waals surface area contributed by atoms with Gasteiger partial charge in [0.2, 0.25) is 11.8 Å². The maximum absolute atomic E-state index is 11.0. The Labute approximate surface area is 187 Å². The van der Waals surface area contributed by atoms with Crippen molar-refractivity contribution in [2.24, 2.45) is 5.92 Å². The van der Waals surface area contributed by atoms with Gasteiger partial charge in [0.25, 0.3) is 0 Å². The lowest BCUT2D eigenvalue weighted by Gasteiger charge is -2.35. The summed E-state index contributed by atoms with van der Waals surface area (Å²) in [4.78, 5) is 19.5. The molecule has 1 heterocycles. The first-order valence-electron chi connectivity index (χ1n) is 10.4. The van der Waals surface area contributed by atoms with Gasteiger partial charge in [0.15, 0.2) is 0 Å². The number of rotatable bonds is 10. The van der Waals surface area contributed by atoms with Crippen LogP contribution in [-0.4, -0.2) is 41.2 Å². The fourth-order valence-corrected chi connectivity index (χ4v) is 3.78. The Morgan fingerprint density at radius 1 is 1.35 bits per heavy atom. The predicted molar refractivity (Wildman–Crippen MR) is 117 cm³/mol. The molecule has 0 radical (unpaired) electrons. The van der Waals surface area contributed by atoms with E-state index in [1.54, 1.807) is 6.07 Å². The number of aryl methyl sites for hydroxylation is 2.